The maximum Gasteiger partial charge on any atom is 0.416 e. The van der Waals surface area contributed by atoms with Crippen LogP contribution in [0.4, 0.5) is 13.2 Å². The van der Waals surface area contributed by atoms with E-state index in [0.29, 0.717) is 6.42 Å². The zero-order valence-corrected chi connectivity index (χ0v) is 9.72. The second-order valence-corrected chi connectivity index (χ2v) is 4.04. The van der Waals surface area contributed by atoms with Gasteiger partial charge in [-0.25, -0.2) is 0 Å². The minimum absolute atomic E-state index is 0.0368. The van der Waals surface area contributed by atoms with Crippen molar-refractivity contribution in [2.24, 2.45) is 0 Å². The lowest BCUT2D eigenvalue weighted by Crippen LogP contribution is -2.05. The van der Waals surface area contributed by atoms with Crippen LogP contribution in [0, 0.1) is 0 Å². The summed E-state index contributed by atoms with van der Waals surface area (Å²) in [6.45, 7) is 9.36. The molecule has 0 radical (unpaired) electrons. The molecular formula is C14H15F3. The summed E-state index contributed by atoms with van der Waals surface area (Å²) in [6, 6.07) is 5.22. The number of alkyl halides is 3. The first-order valence-electron chi connectivity index (χ1n) is 5.29. The molecule has 0 N–H and O–H groups in total. The van der Waals surface area contributed by atoms with Gasteiger partial charge in [0.15, 0.2) is 0 Å². The molecule has 1 rings (SSSR count). The molecule has 17 heavy (non-hydrogen) atoms. The molecule has 0 nitrogen and oxygen atoms in total. The van der Waals surface area contributed by atoms with Gasteiger partial charge in [0.25, 0.3) is 0 Å². The van der Waals surface area contributed by atoms with E-state index in [1.807, 2.05) is 6.92 Å². The third-order valence-electron chi connectivity index (χ3n) is 2.64. The van der Waals surface area contributed by atoms with Crippen molar-refractivity contribution in [3.63, 3.8) is 0 Å². The van der Waals surface area contributed by atoms with Crippen molar-refractivity contribution >= 4 is 0 Å². The fourth-order valence-corrected chi connectivity index (χ4v) is 1.69. The van der Waals surface area contributed by atoms with E-state index >= 15 is 0 Å². The Labute approximate surface area is 99.5 Å². The molecule has 0 saturated heterocycles. The quantitative estimate of drug-likeness (QED) is 0.654. The fourth-order valence-electron chi connectivity index (χ4n) is 1.69. The lowest BCUT2D eigenvalue weighted by Gasteiger charge is -2.16. The average molecular weight is 240 g/mol. The van der Waals surface area contributed by atoms with Crippen LogP contribution in [0.3, 0.4) is 0 Å². The summed E-state index contributed by atoms with van der Waals surface area (Å²) in [6.07, 6.45) is -1.85. The summed E-state index contributed by atoms with van der Waals surface area (Å²) in [7, 11) is 0. The summed E-state index contributed by atoms with van der Waals surface area (Å²) in [5.41, 5.74) is 1.13. The second-order valence-electron chi connectivity index (χ2n) is 4.04. The van der Waals surface area contributed by atoms with Crippen molar-refractivity contribution < 1.29 is 13.2 Å². The van der Waals surface area contributed by atoms with Gasteiger partial charge in [-0.05, 0) is 31.0 Å². The van der Waals surface area contributed by atoms with E-state index in [4.69, 9.17) is 0 Å². The van der Waals surface area contributed by atoms with E-state index in [-0.39, 0.29) is 5.92 Å². The smallest absolute Gasteiger partial charge is 0.166 e. The molecule has 0 fully saturated rings. The summed E-state index contributed by atoms with van der Waals surface area (Å²) >= 11 is 0. The molecule has 1 atom stereocenters. The zero-order chi connectivity index (χ0) is 13.1. The monoisotopic (exact) mass is 240 g/mol. The Morgan fingerprint density at radius 3 is 2.18 bits per heavy atom. The van der Waals surface area contributed by atoms with Crippen LogP contribution in [0.2, 0.25) is 0 Å². The summed E-state index contributed by atoms with van der Waals surface area (Å²) in [5, 5.41) is 0. The van der Waals surface area contributed by atoms with E-state index in [2.05, 4.69) is 13.2 Å². The summed E-state index contributed by atoms with van der Waals surface area (Å²) in [5.74, 6) is 0.0368. The molecule has 0 bridgehead atoms. The van der Waals surface area contributed by atoms with Crippen molar-refractivity contribution in [3.8, 4) is 0 Å². The molecule has 0 heterocycles. The standard InChI is InChI=1S/C14H15F3/c1-4-5-13(10(2)3)11-6-8-12(9-7-11)14(15,16)17/h4,6-9,13H,1-2,5H2,3H3. The van der Waals surface area contributed by atoms with Gasteiger partial charge < -0.3 is 0 Å². The molecular weight excluding hydrogens is 225 g/mol. The van der Waals surface area contributed by atoms with Crippen molar-refractivity contribution in [2.45, 2.75) is 25.4 Å². The molecule has 1 aromatic rings. The first kappa shape index (κ1) is 13.6. The highest BCUT2D eigenvalue weighted by Crippen LogP contribution is 2.32. The van der Waals surface area contributed by atoms with Crippen LogP contribution in [0.1, 0.15) is 30.4 Å². The number of benzene rings is 1. The van der Waals surface area contributed by atoms with Gasteiger partial charge >= 0.3 is 6.18 Å². The van der Waals surface area contributed by atoms with E-state index in [1.54, 1.807) is 6.08 Å². The van der Waals surface area contributed by atoms with Crippen molar-refractivity contribution in [1.29, 1.82) is 0 Å². The predicted octanol–water partition coefficient (Wildman–Crippen LogP) is 4.94. The fraction of sp³-hybridized carbons (Fsp3) is 0.286. The van der Waals surface area contributed by atoms with Crippen LogP contribution in [-0.4, -0.2) is 0 Å². The average Bonchev–Trinajstić information content (AvgIpc) is 2.24. The maximum atomic E-state index is 12.4. The van der Waals surface area contributed by atoms with E-state index in [9.17, 15) is 13.2 Å². The molecule has 1 unspecified atom stereocenters. The number of hydrogen-bond acceptors (Lipinski definition) is 0. The molecule has 92 valence electrons. The Kier molecular flexibility index (Phi) is 4.16. The Balaban J connectivity index is 3.00. The summed E-state index contributed by atoms with van der Waals surface area (Å²) in [4.78, 5) is 0. The van der Waals surface area contributed by atoms with Crippen LogP contribution in [0.5, 0.6) is 0 Å². The Morgan fingerprint density at radius 2 is 1.82 bits per heavy atom. The molecule has 0 aromatic heterocycles. The first-order chi connectivity index (χ1) is 7.86. The third kappa shape index (κ3) is 3.48. The molecule has 1 aromatic carbocycles. The highest BCUT2D eigenvalue weighted by Gasteiger charge is 2.30. The first-order valence-corrected chi connectivity index (χ1v) is 5.29. The predicted molar refractivity (Wildman–Crippen MR) is 63.8 cm³/mol. The van der Waals surface area contributed by atoms with Gasteiger partial charge in [0.05, 0.1) is 5.56 Å². The van der Waals surface area contributed by atoms with Crippen LogP contribution in [-0.2, 0) is 6.18 Å². The summed E-state index contributed by atoms with van der Waals surface area (Å²) < 4.78 is 37.2. The Morgan fingerprint density at radius 1 is 1.29 bits per heavy atom. The van der Waals surface area contributed by atoms with Gasteiger partial charge in [-0.3, -0.25) is 0 Å². The Bertz CT molecular complexity index is 398. The van der Waals surface area contributed by atoms with Crippen molar-refractivity contribution in [1.82, 2.24) is 0 Å². The van der Waals surface area contributed by atoms with Crippen LogP contribution >= 0.6 is 0 Å². The highest BCUT2D eigenvalue weighted by atomic mass is 19.4. The molecule has 0 spiro atoms. The van der Waals surface area contributed by atoms with Crippen LogP contribution in [0.25, 0.3) is 0 Å². The molecule has 3 heteroatoms. The minimum atomic E-state index is -4.28. The molecule has 0 aliphatic carbocycles. The van der Waals surface area contributed by atoms with Crippen LogP contribution in [0.15, 0.2) is 49.1 Å². The van der Waals surface area contributed by atoms with Crippen molar-refractivity contribution in [3.05, 3.63) is 60.2 Å². The van der Waals surface area contributed by atoms with Crippen LogP contribution < -0.4 is 0 Å². The van der Waals surface area contributed by atoms with Gasteiger partial charge in [0, 0.05) is 5.92 Å². The van der Waals surface area contributed by atoms with E-state index < -0.39 is 11.7 Å². The normalized spacial score (nSPS) is 13.2. The van der Waals surface area contributed by atoms with Gasteiger partial charge in [-0.2, -0.15) is 13.2 Å². The Hall–Kier alpha value is -1.51. The lowest BCUT2D eigenvalue weighted by molar-refractivity contribution is -0.137. The van der Waals surface area contributed by atoms with Gasteiger partial charge in [-0.15, -0.1) is 6.58 Å². The topological polar surface area (TPSA) is 0 Å². The van der Waals surface area contributed by atoms with Gasteiger partial charge in [0.1, 0.15) is 0 Å². The highest BCUT2D eigenvalue weighted by molar-refractivity contribution is 5.31. The minimum Gasteiger partial charge on any atom is -0.166 e. The maximum absolute atomic E-state index is 12.4. The SMILES string of the molecule is C=CCC(C(=C)C)c1ccc(C(F)(F)F)cc1. The van der Waals surface area contributed by atoms with Crippen molar-refractivity contribution in [2.75, 3.05) is 0 Å². The van der Waals surface area contributed by atoms with Gasteiger partial charge in [-0.1, -0.05) is 30.4 Å². The molecule has 0 saturated carbocycles. The number of halogens is 3. The van der Waals surface area contributed by atoms with E-state index in [0.717, 1.165) is 23.3 Å². The van der Waals surface area contributed by atoms with Gasteiger partial charge in [0.2, 0.25) is 0 Å². The van der Waals surface area contributed by atoms with E-state index in [1.165, 1.54) is 12.1 Å². The third-order valence-corrected chi connectivity index (χ3v) is 2.64. The second kappa shape index (κ2) is 5.21. The molecule has 0 aliphatic rings. The molecule has 0 amide bonds. The zero-order valence-electron chi connectivity index (χ0n) is 9.72. The molecule has 0 aliphatic heterocycles. The lowest BCUT2D eigenvalue weighted by atomic mass is 9.89. The largest absolute Gasteiger partial charge is 0.416 e. The number of rotatable bonds is 4. The number of hydrogen-bond donors (Lipinski definition) is 0. The number of allylic oxidation sites excluding steroid dienone is 2.